The number of benzene rings is 1. The molecule has 0 atom stereocenters. The lowest BCUT2D eigenvalue weighted by Gasteiger charge is -2.09. The van der Waals surface area contributed by atoms with Gasteiger partial charge in [-0.05, 0) is 12.1 Å². The lowest BCUT2D eigenvalue weighted by molar-refractivity contribution is 0.0217. The second-order valence-corrected chi connectivity index (χ2v) is 2.84. The van der Waals surface area contributed by atoms with Crippen molar-refractivity contribution < 1.29 is 22.4 Å². The number of carbonyl (C=O) groups excluding carboxylic acids is 1. The molecule has 0 spiro atoms. The number of halogens is 4. The van der Waals surface area contributed by atoms with E-state index in [1.54, 1.807) is 0 Å². The van der Waals surface area contributed by atoms with Crippen molar-refractivity contribution in [1.82, 2.24) is 0 Å². The molecule has 1 aromatic rings. The summed E-state index contributed by atoms with van der Waals surface area (Å²) in [5.74, 6) is -7.51. The number of carbonyl (C=O) groups is 1. The number of hydrogen-bond donors (Lipinski definition) is 0. The first kappa shape index (κ1) is 10.7. The van der Waals surface area contributed by atoms with Crippen LogP contribution in [0.3, 0.4) is 0 Å². The van der Waals surface area contributed by atoms with Gasteiger partial charge in [-0.25, -0.2) is 8.78 Å². The van der Waals surface area contributed by atoms with Crippen LogP contribution in [0.25, 0.3) is 0 Å². The van der Waals surface area contributed by atoms with Crippen molar-refractivity contribution in [2.24, 2.45) is 0 Å². The van der Waals surface area contributed by atoms with Gasteiger partial charge in [0.1, 0.15) is 11.6 Å². The molecule has 0 aliphatic rings. The molecule has 0 aromatic heterocycles. The molecular formula is C9H6F4O. The summed E-state index contributed by atoms with van der Waals surface area (Å²) in [6.07, 6.45) is 0. The van der Waals surface area contributed by atoms with Crippen molar-refractivity contribution in [3.8, 4) is 0 Å². The minimum Gasteiger partial charge on any atom is -0.287 e. The highest BCUT2D eigenvalue weighted by Gasteiger charge is 2.34. The van der Waals surface area contributed by atoms with Gasteiger partial charge in [0.25, 0.3) is 0 Å². The first-order valence-electron chi connectivity index (χ1n) is 3.70. The van der Waals surface area contributed by atoms with Crippen LogP contribution in [0.5, 0.6) is 0 Å². The average molecular weight is 206 g/mol. The standard InChI is InChI=1S/C9H6F4O/c1-9(12,13)8(14)6-3-2-5(10)4-7(6)11/h2-4H,1H3. The van der Waals surface area contributed by atoms with Gasteiger partial charge >= 0.3 is 5.92 Å². The number of hydrogen-bond acceptors (Lipinski definition) is 1. The number of alkyl halides is 2. The lowest BCUT2D eigenvalue weighted by Crippen LogP contribution is -2.25. The summed E-state index contributed by atoms with van der Waals surface area (Å²) in [7, 11) is 0. The van der Waals surface area contributed by atoms with Crippen LogP contribution in [0.1, 0.15) is 17.3 Å². The first-order chi connectivity index (χ1) is 6.32. The van der Waals surface area contributed by atoms with Gasteiger partial charge in [0.05, 0.1) is 5.56 Å². The summed E-state index contributed by atoms with van der Waals surface area (Å²) in [4.78, 5) is 10.9. The Balaban J connectivity index is 3.15. The van der Waals surface area contributed by atoms with Crippen LogP contribution >= 0.6 is 0 Å². The van der Waals surface area contributed by atoms with Crippen LogP contribution in [0.2, 0.25) is 0 Å². The van der Waals surface area contributed by atoms with Gasteiger partial charge < -0.3 is 0 Å². The summed E-state index contributed by atoms with van der Waals surface area (Å²) in [6.45, 7) is 0.359. The Morgan fingerprint density at radius 3 is 2.29 bits per heavy atom. The normalized spacial score (nSPS) is 11.5. The Morgan fingerprint density at radius 2 is 1.86 bits per heavy atom. The highest BCUT2D eigenvalue weighted by Crippen LogP contribution is 2.21. The molecule has 0 radical (unpaired) electrons. The summed E-state index contributed by atoms with van der Waals surface area (Å²) in [5.41, 5.74) is -0.807. The topological polar surface area (TPSA) is 17.1 Å². The van der Waals surface area contributed by atoms with Crippen LogP contribution < -0.4 is 0 Å². The third-order valence-corrected chi connectivity index (χ3v) is 1.57. The molecule has 14 heavy (non-hydrogen) atoms. The molecule has 0 unspecified atom stereocenters. The third kappa shape index (κ3) is 2.10. The minimum atomic E-state index is -3.65. The maximum atomic E-state index is 12.8. The fourth-order valence-electron chi connectivity index (χ4n) is 0.910. The maximum Gasteiger partial charge on any atom is 0.307 e. The van der Waals surface area contributed by atoms with Crippen LogP contribution in [0.15, 0.2) is 18.2 Å². The van der Waals surface area contributed by atoms with E-state index in [1.165, 1.54) is 0 Å². The monoisotopic (exact) mass is 206 g/mol. The zero-order chi connectivity index (χ0) is 10.9. The Kier molecular flexibility index (Phi) is 2.59. The zero-order valence-electron chi connectivity index (χ0n) is 7.15. The molecule has 0 N–H and O–H groups in total. The Labute approximate surface area is 77.3 Å². The van der Waals surface area contributed by atoms with Gasteiger partial charge in [0, 0.05) is 13.0 Å². The van der Waals surface area contributed by atoms with Crippen LogP contribution in [-0.4, -0.2) is 11.7 Å². The molecule has 76 valence electrons. The second kappa shape index (κ2) is 3.40. The molecule has 0 aliphatic carbocycles. The van der Waals surface area contributed by atoms with Gasteiger partial charge in [0.15, 0.2) is 0 Å². The van der Waals surface area contributed by atoms with Gasteiger partial charge in [-0.2, -0.15) is 8.78 Å². The summed E-state index contributed by atoms with van der Waals surface area (Å²) in [5, 5.41) is 0. The number of Topliss-reactive ketones (excluding diaryl/α,β-unsaturated/α-hetero) is 1. The molecule has 1 rings (SSSR count). The lowest BCUT2D eigenvalue weighted by atomic mass is 10.1. The van der Waals surface area contributed by atoms with E-state index in [0.717, 1.165) is 6.07 Å². The molecule has 0 saturated heterocycles. The zero-order valence-corrected chi connectivity index (χ0v) is 7.15. The average Bonchev–Trinajstić information content (AvgIpc) is 2.01. The van der Waals surface area contributed by atoms with Gasteiger partial charge in [-0.15, -0.1) is 0 Å². The van der Waals surface area contributed by atoms with Crippen molar-refractivity contribution in [2.75, 3.05) is 0 Å². The predicted molar refractivity (Wildman–Crippen MR) is 41.3 cm³/mol. The van der Waals surface area contributed by atoms with E-state index in [4.69, 9.17) is 0 Å². The van der Waals surface area contributed by atoms with E-state index in [-0.39, 0.29) is 0 Å². The molecule has 0 saturated carbocycles. The number of rotatable bonds is 2. The van der Waals surface area contributed by atoms with Gasteiger partial charge in [0.2, 0.25) is 5.78 Å². The van der Waals surface area contributed by atoms with Crippen LogP contribution in [0, 0.1) is 11.6 Å². The maximum absolute atomic E-state index is 12.8. The van der Waals surface area contributed by atoms with E-state index >= 15 is 0 Å². The van der Waals surface area contributed by atoms with E-state index in [0.29, 0.717) is 19.1 Å². The molecular weight excluding hydrogens is 200 g/mol. The molecule has 0 fully saturated rings. The molecule has 0 bridgehead atoms. The van der Waals surface area contributed by atoms with Crippen molar-refractivity contribution in [1.29, 1.82) is 0 Å². The first-order valence-corrected chi connectivity index (χ1v) is 3.70. The molecule has 0 amide bonds. The molecule has 0 heterocycles. The van der Waals surface area contributed by atoms with Crippen LogP contribution in [-0.2, 0) is 0 Å². The highest BCUT2D eigenvalue weighted by atomic mass is 19.3. The Hall–Kier alpha value is -1.39. The fourth-order valence-corrected chi connectivity index (χ4v) is 0.910. The highest BCUT2D eigenvalue weighted by molar-refractivity contribution is 6.01. The van der Waals surface area contributed by atoms with Crippen molar-refractivity contribution in [3.05, 3.63) is 35.4 Å². The predicted octanol–water partition coefficient (Wildman–Crippen LogP) is 2.80. The molecule has 0 aliphatic heterocycles. The summed E-state index contributed by atoms with van der Waals surface area (Å²) in [6, 6.07) is 1.84. The smallest absolute Gasteiger partial charge is 0.287 e. The minimum absolute atomic E-state index is 0.359. The van der Waals surface area contributed by atoms with Gasteiger partial charge in [-0.3, -0.25) is 4.79 Å². The number of ketones is 1. The Morgan fingerprint density at radius 1 is 1.29 bits per heavy atom. The van der Waals surface area contributed by atoms with E-state index in [1.807, 2.05) is 0 Å². The molecule has 1 nitrogen and oxygen atoms in total. The van der Waals surface area contributed by atoms with E-state index in [9.17, 15) is 22.4 Å². The van der Waals surface area contributed by atoms with E-state index < -0.39 is 28.9 Å². The van der Waals surface area contributed by atoms with E-state index in [2.05, 4.69) is 0 Å². The largest absolute Gasteiger partial charge is 0.307 e. The summed E-state index contributed by atoms with van der Waals surface area (Å²) >= 11 is 0. The summed E-state index contributed by atoms with van der Waals surface area (Å²) < 4.78 is 50.1. The quantitative estimate of drug-likeness (QED) is 0.537. The molecule has 1 aromatic carbocycles. The third-order valence-electron chi connectivity index (χ3n) is 1.57. The SMILES string of the molecule is CC(F)(F)C(=O)c1ccc(F)cc1F. The van der Waals surface area contributed by atoms with Crippen LogP contribution in [0.4, 0.5) is 17.6 Å². The van der Waals surface area contributed by atoms with Crippen molar-refractivity contribution in [3.63, 3.8) is 0 Å². The Bertz CT molecular complexity index is 368. The second-order valence-electron chi connectivity index (χ2n) is 2.84. The fraction of sp³-hybridized carbons (Fsp3) is 0.222. The van der Waals surface area contributed by atoms with Gasteiger partial charge in [-0.1, -0.05) is 0 Å². The van der Waals surface area contributed by atoms with Crippen molar-refractivity contribution in [2.45, 2.75) is 12.8 Å². The molecule has 5 heteroatoms. The van der Waals surface area contributed by atoms with Crippen molar-refractivity contribution >= 4 is 5.78 Å².